The molecular formula is C21H23NO6. The molecule has 0 fully saturated rings. The van der Waals surface area contributed by atoms with E-state index >= 15 is 0 Å². The van der Waals surface area contributed by atoms with Crippen LogP contribution in [-0.2, 0) is 4.74 Å². The number of carbonyl (C=O) groups excluding carboxylic acids is 2. The van der Waals surface area contributed by atoms with Gasteiger partial charge >= 0.3 is 11.9 Å². The number of nitro groups is 1. The predicted molar refractivity (Wildman–Crippen MR) is 104 cm³/mol. The maximum atomic E-state index is 12.3. The van der Waals surface area contributed by atoms with E-state index in [0.717, 1.165) is 25.7 Å². The fourth-order valence-corrected chi connectivity index (χ4v) is 2.53. The molecule has 0 saturated carbocycles. The number of hydrogen-bond donors (Lipinski definition) is 0. The number of carbonyl (C=O) groups is 2. The molecule has 28 heavy (non-hydrogen) atoms. The lowest BCUT2D eigenvalue weighted by Crippen LogP contribution is -2.11. The Balaban J connectivity index is 1.91. The van der Waals surface area contributed by atoms with E-state index in [1.807, 2.05) is 0 Å². The predicted octanol–water partition coefficient (Wildman–Crippen LogP) is 4.94. The average molecular weight is 385 g/mol. The van der Waals surface area contributed by atoms with E-state index in [9.17, 15) is 19.7 Å². The Bertz CT molecular complexity index is 816. The smallest absolute Gasteiger partial charge is 0.343 e. The van der Waals surface area contributed by atoms with Gasteiger partial charge in [0, 0.05) is 12.1 Å². The number of non-ortho nitro benzene ring substituents is 1. The molecule has 0 aliphatic rings. The summed E-state index contributed by atoms with van der Waals surface area (Å²) in [6.07, 6.45) is 5.28. The summed E-state index contributed by atoms with van der Waals surface area (Å²) < 4.78 is 10.4. The van der Waals surface area contributed by atoms with Crippen molar-refractivity contribution in [3.63, 3.8) is 0 Å². The molecule has 0 unspecified atom stereocenters. The van der Waals surface area contributed by atoms with E-state index in [1.54, 1.807) is 12.1 Å². The molecule has 2 aromatic rings. The number of hydrogen-bond acceptors (Lipinski definition) is 6. The minimum atomic E-state index is -0.664. The van der Waals surface area contributed by atoms with Crippen LogP contribution in [0.4, 0.5) is 5.69 Å². The SMILES string of the molecule is CCCCCCCOC(=O)c1cccc(C(=O)Oc2ccc([N+](=O)[O-])cc2)c1. The van der Waals surface area contributed by atoms with Gasteiger partial charge in [-0.2, -0.15) is 0 Å². The van der Waals surface area contributed by atoms with Crippen LogP contribution in [0.2, 0.25) is 0 Å². The first-order valence-corrected chi connectivity index (χ1v) is 9.25. The molecule has 0 saturated heterocycles. The van der Waals surface area contributed by atoms with Crippen molar-refractivity contribution in [2.45, 2.75) is 39.0 Å². The number of esters is 2. The molecular weight excluding hydrogens is 362 g/mol. The molecule has 0 aromatic heterocycles. The number of rotatable bonds is 10. The molecule has 2 aromatic carbocycles. The maximum Gasteiger partial charge on any atom is 0.343 e. The molecule has 0 radical (unpaired) electrons. The Labute approximate surface area is 163 Å². The topological polar surface area (TPSA) is 95.7 Å². The van der Waals surface area contributed by atoms with Crippen LogP contribution < -0.4 is 4.74 Å². The molecule has 7 heteroatoms. The zero-order chi connectivity index (χ0) is 20.4. The van der Waals surface area contributed by atoms with E-state index in [2.05, 4.69) is 6.92 Å². The van der Waals surface area contributed by atoms with Gasteiger partial charge in [0.05, 0.1) is 22.7 Å². The second kappa shape index (κ2) is 10.8. The highest BCUT2D eigenvalue weighted by Crippen LogP contribution is 2.19. The molecule has 0 aliphatic heterocycles. The normalized spacial score (nSPS) is 10.3. The third kappa shape index (κ3) is 6.50. The number of benzene rings is 2. The second-order valence-electron chi connectivity index (χ2n) is 6.27. The molecule has 0 aliphatic carbocycles. The van der Waals surface area contributed by atoms with Crippen LogP contribution in [-0.4, -0.2) is 23.5 Å². The molecule has 0 heterocycles. The molecule has 2 rings (SSSR count). The van der Waals surface area contributed by atoms with Crippen LogP contribution >= 0.6 is 0 Å². The van der Waals surface area contributed by atoms with Gasteiger partial charge in [-0.05, 0) is 36.8 Å². The Morgan fingerprint density at radius 2 is 1.57 bits per heavy atom. The number of nitrogens with zero attached hydrogens (tertiary/aromatic N) is 1. The van der Waals surface area contributed by atoms with Crippen molar-refractivity contribution in [1.29, 1.82) is 0 Å². The van der Waals surface area contributed by atoms with E-state index in [0.29, 0.717) is 6.61 Å². The first-order valence-electron chi connectivity index (χ1n) is 9.25. The first-order chi connectivity index (χ1) is 13.5. The first kappa shape index (κ1) is 21.1. The monoisotopic (exact) mass is 385 g/mol. The van der Waals surface area contributed by atoms with Crippen LogP contribution in [0.3, 0.4) is 0 Å². The quantitative estimate of drug-likeness (QED) is 0.189. The van der Waals surface area contributed by atoms with E-state index in [4.69, 9.17) is 9.47 Å². The van der Waals surface area contributed by atoms with Crippen LogP contribution in [0, 0.1) is 10.1 Å². The highest BCUT2D eigenvalue weighted by atomic mass is 16.6. The second-order valence-corrected chi connectivity index (χ2v) is 6.27. The molecule has 0 atom stereocenters. The highest BCUT2D eigenvalue weighted by Gasteiger charge is 2.14. The van der Waals surface area contributed by atoms with Crippen molar-refractivity contribution in [3.8, 4) is 5.75 Å². The van der Waals surface area contributed by atoms with Gasteiger partial charge < -0.3 is 9.47 Å². The third-order valence-electron chi connectivity index (χ3n) is 4.07. The molecule has 148 valence electrons. The Hall–Kier alpha value is -3.22. The lowest BCUT2D eigenvalue weighted by atomic mass is 10.1. The third-order valence-corrected chi connectivity index (χ3v) is 4.07. The van der Waals surface area contributed by atoms with Gasteiger partial charge in [0.25, 0.3) is 5.69 Å². The number of nitro benzene ring substituents is 1. The Morgan fingerprint density at radius 1 is 0.929 bits per heavy atom. The summed E-state index contributed by atoms with van der Waals surface area (Å²) in [5, 5.41) is 10.7. The van der Waals surface area contributed by atoms with Crippen molar-refractivity contribution in [2.75, 3.05) is 6.61 Å². The fourth-order valence-electron chi connectivity index (χ4n) is 2.53. The van der Waals surface area contributed by atoms with E-state index in [1.165, 1.54) is 42.8 Å². The zero-order valence-electron chi connectivity index (χ0n) is 15.8. The van der Waals surface area contributed by atoms with Crippen molar-refractivity contribution in [2.24, 2.45) is 0 Å². The highest BCUT2D eigenvalue weighted by molar-refractivity contribution is 5.96. The van der Waals surface area contributed by atoms with Gasteiger partial charge in [-0.1, -0.05) is 38.7 Å². The van der Waals surface area contributed by atoms with Gasteiger partial charge in [0.15, 0.2) is 0 Å². The fraction of sp³-hybridized carbons (Fsp3) is 0.333. The summed E-state index contributed by atoms with van der Waals surface area (Å²) in [6.45, 7) is 2.49. The summed E-state index contributed by atoms with van der Waals surface area (Å²) in [5.41, 5.74) is 0.363. The van der Waals surface area contributed by atoms with Crippen LogP contribution in [0.5, 0.6) is 5.75 Å². The molecule has 0 bridgehead atoms. The maximum absolute atomic E-state index is 12.3. The van der Waals surface area contributed by atoms with Gasteiger partial charge in [0.1, 0.15) is 5.75 Å². The van der Waals surface area contributed by atoms with Crippen molar-refractivity contribution in [1.82, 2.24) is 0 Å². The van der Waals surface area contributed by atoms with Crippen molar-refractivity contribution < 1.29 is 24.0 Å². The Morgan fingerprint density at radius 3 is 2.21 bits per heavy atom. The van der Waals surface area contributed by atoms with Crippen molar-refractivity contribution >= 4 is 17.6 Å². The average Bonchev–Trinajstić information content (AvgIpc) is 2.71. The Kier molecular flexibility index (Phi) is 8.14. The summed E-state index contributed by atoms with van der Waals surface area (Å²) in [7, 11) is 0. The summed E-state index contributed by atoms with van der Waals surface area (Å²) in [4.78, 5) is 34.5. The van der Waals surface area contributed by atoms with Crippen LogP contribution in [0.1, 0.15) is 59.7 Å². The molecule has 0 amide bonds. The summed E-state index contributed by atoms with van der Waals surface area (Å²) in [5.74, 6) is -0.973. The molecule has 7 nitrogen and oxygen atoms in total. The largest absolute Gasteiger partial charge is 0.462 e. The summed E-state index contributed by atoms with van der Waals surface area (Å²) >= 11 is 0. The van der Waals surface area contributed by atoms with Crippen molar-refractivity contribution in [3.05, 3.63) is 69.8 Å². The minimum absolute atomic E-state index is 0.0979. The van der Waals surface area contributed by atoms with Gasteiger partial charge in [-0.15, -0.1) is 0 Å². The summed E-state index contributed by atoms with van der Waals surface area (Å²) in [6, 6.07) is 11.3. The van der Waals surface area contributed by atoms with Crippen LogP contribution in [0.25, 0.3) is 0 Å². The molecule has 0 spiro atoms. The van der Waals surface area contributed by atoms with E-state index < -0.39 is 16.9 Å². The number of ether oxygens (including phenoxy) is 2. The lowest BCUT2D eigenvalue weighted by Gasteiger charge is -2.07. The minimum Gasteiger partial charge on any atom is -0.462 e. The van der Waals surface area contributed by atoms with E-state index in [-0.39, 0.29) is 22.6 Å². The lowest BCUT2D eigenvalue weighted by molar-refractivity contribution is -0.384. The molecule has 0 N–H and O–H groups in total. The van der Waals surface area contributed by atoms with Crippen LogP contribution in [0.15, 0.2) is 48.5 Å². The van der Waals surface area contributed by atoms with Gasteiger partial charge in [-0.25, -0.2) is 9.59 Å². The number of unbranched alkanes of at least 4 members (excludes halogenated alkanes) is 4. The van der Waals surface area contributed by atoms with Gasteiger partial charge in [0.2, 0.25) is 0 Å². The zero-order valence-corrected chi connectivity index (χ0v) is 15.8. The standard InChI is InChI=1S/C21H23NO6/c1-2-3-4-5-6-14-27-20(23)16-8-7-9-17(15-16)21(24)28-19-12-10-18(11-13-19)22(25)26/h7-13,15H,2-6,14H2,1H3. The van der Waals surface area contributed by atoms with Gasteiger partial charge in [-0.3, -0.25) is 10.1 Å².